The van der Waals surface area contributed by atoms with Crippen LogP contribution in [-0.2, 0) is 4.74 Å². The molecule has 0 saturated carbocycles. The standard InChI is InChI=1S/C12H16N4O/c1-8-4-11(5-13)15-12(14-8)16-6-9(2)17-10(3)7-16/h4,9-10H,6-7H2,1-3H3. The summed E-state index contributed by atoms with van der Waals surface area (Å²) < 4.78 is 5.66. The second kappa shape index (κ2) is 4.68. The van der Waals surface area contributed by atoms with Crippen molar-refractivity contribution < 1.29 is 4.74 Å². The van der Waals surface area contributed by atoms with Crippen molar-refractivity contribution in [3.05, 3.63) is 17.5 Å². The van der Waals surface area contributed by atoms with Gasteiger partial charge in [-0.3, -0.25) is 0 Å². The molecule has 1 fully saturated rings. The van der Waals surface area contributed by atoms with Gasteiger partial charge in [-0.05, 0) is 26.8 Å². The fourth-order valence-corrected chi connectivity index (χ4v) is 2.09. The molecule has 0 aromatic carbocycles. The van der Waals surface area contributed by atoms with Crippen LogP contribution in [0.3, 0.4) is 0 Å². The van der Waals surface area contributed by atoms with Gasteiger partial charge in [0.05, 0.1) is 12.2 Å². The molecule has 0 N–H and O–H groups in total. The number of rotatable bonds is 1. The summed E-state index contributed by atoms with van der Waals surface area (Å²) >= 11 is 0. The van der Waals surface area contributed by atoms with Crippen molar-refractivity contribution >= 4 is 5.95 Å². The van der Waals surface area contributed by atoms with E-state index in [1.54, 1.807) is 6.07 Å². The van der Waals surface area contributed by atoms with Crippen molar-refractivity contribution in [2.24, 2.45) is 0 Å². The fourth-order valence-electron chi connectivity index (χ4n) is 2.09. The van der Waals surface area contributed by atoms with Crippen molar-refractivity contribution in [2.75, 3.05) is 18.0 Å². The average molecular weight is 232 g/mol. The molecule has 5 nitrogen and oxygen atoms in total. The number of hydrogen-bond acceptors (Lipinski definition) is 5. The highest BCUT2D eigenvalue weighted by molar-refractivity contribution is 5.36. The number of hydrogen-bond donors (Lipinski definition) is 0. The molecule has 5 heteroatoms. The summed E-state index contributed by atoms with van der Waals surface area (Å²) in [5.74, 6) is 0.628. The maximum Gasteiger partial charge on any atom is 0.226 e. The van der Waals surface area contributed by atoms with Gasteiger partial charge in [0.15, 0.2) is 0 Å². The molecule has 0 radical (unpaired) electrons. The van der Waals surface area contributed by atoms with Crippen LogP contribution in [0.5, 0.6) is 0 Å². The Labute approximate surface area is 101 Å². The average Bonchev–Trinajstić information content (AvgIpc) is 2.26. The van der Waals surface area contributed by atoms with Gasteiger partial charge < -0.3 is 9.64 Å². The van der Waals surface area contributed by atoms with Crippen molar-refractivity contribution in [1.29, 1.82) is 5.26 Å². The molecule has 17 heavy (non-hydrogen) atoms. The highest BCUT2D eigenvalue weighted by Gasteiger charge is 2.24. The smallest absolute Gasteiger partial charge is 0.226 e. The minimum absolute atomic E-state index is 0.161. The number of morpholine rings is 1. The number of nitriles is 1. The first kappa shape index (κ1) is 11.8. The Balaban J connectivity index is 2.27. The molecule has 0 aliphatic carbocycles. The Morgan fingerprint density at radius 3 is 2.59 bits per heavy atom. The highest BCUT2D eigenvalue weighted by atomic mass is 16.5. The number of aromatic nitrogens is 2. The third kappa shape index (κ3) is 2.71. The summed E-state index contributed by atoms with van der Waals surface area (Å²) in [5, 5.41) is 8.91. The summed E-state index contributed by atoms with van der Waals surface area (Å²) in [4.78, 5) is 10.7. The number of ether oxygens (including phenoxy) is 1. The quantitative estimate of drug-likeness (QED) is 0.729. The van der Waals surface area contributed by atoms with Crippen molar-refractivity contribution in [2.45, 2.75) is 33.0 Å². The van der Waals surface area contributed by atoms with Crippen LogP contribution in [0.25, 0.3) is 0 Å². The molecule has 1 aliphatic heterocycles. The van der Waals surface area contributed by atoms with Gasteiger partial charge in [-0.1, -0.05) is 0 Å². The topological polar surface area (TPSA) is 62.0 Å². The van der Waals surface area contributed by atoms with E-state index in [1.807, 2.05) is 20.8 Å². The van der Waals surface area contributed by atoms with Gasteiger partial charge in [0.1, 0.15) is 11.8 Å². The number of nitrogens with zero attached hydrogens (tertiary/aromatic N) is 4. The van der Waals surface area contributed by atoms with Crippen LogP contribution in [0.1, 0.15) is 25.2 Å². The Morgan fingerprint density at radius 1 is 1.35 bits per heavy atom. The van der Waals surface area contributed by atoms with E-state index in [2.05, 4.69) is 20.9 Å². The fraction of sp³-hybridized carbons (Fsp3) is 0.583. The van der Waals surface area contributed by atoms with E-state index in [9.17, 15) is 0 Å². The largest absolute Gasteiger partial charge is 0.372 e. The van der Waals surface area contributed by atoms with Crippen LogP contribution in [0.2, 0.25) is 0 Å². The molecule has 0 spiro atoms. The molecule has 1 saturated heterocycles. The summed E-state index contributed by atoms with van der Waals surface area (Å²) in [6, 6.07) is 3.75. The third-order valence-electron chi connectivity index (χ3n) is 2.66. The van der Waals surface area contributed by atoms with Crippen molar-refractivity contribution in [1.82, 2.24) is 9.97 Å². The Hall–Kier alpha value is -1.67. The molecule has 1 aromatic heterocycles. The predicted octanol–water partition coefficient (Wildman–Crippen LogP) is 1.27. The van der Waals surface area contributed by atoms with Crippen LogP contribution < -0.4 is 4.90 Å². The van der Waals surface area contributed by atoms with Gasteiger partial charge >= 0.3 is 0 Å². The van der Waals surface area contributed by atoms with E-state index in [-0.39, 0.29) is 12.2 Å². The van der Waals surface area contributed by atoms with Gasteiger partial charge in [-0.25, -0.2) is 9.97 Å². The SMILES string of the molecule is Cc1cc(C#N)nc(N2CC(C)OC(C)C2)n1. The minimum Gasteiger partial charge on any atom is -0.372 e. The lowest BCUT2D eigenvalue weighted by molar-refractivity contribution is -0.00573. The molecule has 2 rings (SSSR count). The van der Waals surface area contributed by atoms with E-state index in [1.165, 1.54) is 0 Å². The molecule has 90 valence electrons. The maximum absolute atomic E-state index is 8.91. The van der Waals surface area contributed by atoms with E-state index >= 15 is 0 Å². The first-order valence-corrected chi connectivity index (χ1v) is 5.74. The normalized spacial score (nSPS) is 24.5. The Bertz CT molecular complexity index is 444. The zero-order valence-corrected chi connectivity index (χ0v) is 10.3. The first-order chi connectivity index (χ1) is 8.08. The third-order valence-corrected chi connectivity index (χ3v) is 2.66. The molecule has 2 atom stereocenters. The predicted molar refractivity (Wildman–Crippen MR) is 63.7 cm³/mol. The zero-order valence-electron chi connectivity index (χ0n) is 10.3. The Kier molecular flexibility index (Phi) is 3.25. The molecular formula is C12H16N4O. The maximum atomic E-state index is 8.91. The minimum atomic E-state index is 0.161. The van der Waals surface area contributed by atoms with Gasteiger partial charge in [-0.2, -0.15) is 5.26 Å². The van der Waals surface area contributed by atoms with E-state index in [4.69, 9.17) is 10.00 Å². The van der Waals surface area contributed by atoms with E-state index in [0.29, 0.717) is 11.6 Å². The molecule has 2 heterocycles. The van der Waals surface area contributed by atoms with Crippen molar-refractivity contribution in [3.8, 4) is 6.07 Å². The number of aryl methyl sites for hydroxylation is 1. The second-order valence-corrected chi connectivity index (χ2v) is 4.47. The van der Waals surface area contributed by atoms with Crippen LogP contribution in [0, 0.1) is 18.3 Å². The zero-order chi connectivity index (χ0) is 12.4. The molecule has 0 amide bonds. The lowest BCUT2D eigenvalue weighted by Crippen LogP contribution is -2.46. The molecule has 1 aromatic rings. The molecule has 0 bridgehead atoms. The van der Waals surface area contributed by atoms with E-state index < -0.39 is 0 Å². The van der Waals surface area contributed by atoms with Gasteiger partial charge in [0.25, 0.3) is 0 Å². The molecule has 2 unspecified atom stereocenters. The molecular weight excluding hydrogens is 216 g/mol. The lowest BCUT2D eigenvalue weighted by Gasteiger charge is -2.35. The summed E-state index contributed by atoms with van der Waals surface area (Å²) in [5.41, 5.74) is 1.23. The Morgan fingerprint density at radius 2 is 2.00 bits per heavy atom. The van der Waals surface area contributed by atoms with Crippen LogP contribution in [0.4, 0.5) is 5.95 Å². The summed E-state index contributed by atoms with van der Waals surface area (Å²) in [6.07, 6.45) is 0.321. The van der Waals surface area contributed by atoms with Gasteiger partial charge in [0, 0.05) is 18.8 Å². The van der Waals surface area contributed by atoms with Crippen LogP contribution in [0.15, 0.2) is 6.07 Å². The second-order valence-electron chi connectivity index (χ2n) is 4.47. The lowest BCUT2D eigenvalue weighted by atomic mass is 10.2. The highest BCUT2D eigenvalue weighted by Crippen LogP contribution is 2.17. The van der Waals surface area contributed by atoms with Crippen molar-refractivity contribution in [3.63, 3.8) is 0 Å². The van der Waals surface area contributed by atoms with Crippen LogP contribution >= 0.6 is 0 Å². The van der Waals surface area contributed by atoms with Gasteiger partial charge in [0.2, 0.25) is 5.95 Å². The van der Waals surface area contributed by atoms with Gasteiger partial charge in [-0.15, -0.1) is 0 Å². The summed E-state index contributed by atoms with van der Waals surface area (Å²) in [7, 11) is 0. The monoisotopic (exact) mass is 232 g/mol. The van der Waals surface area contributed by atoms with Crippen LogP contribution in [-0.4, -0.2) is 35.3 Å². The molecule has 1 aliphatic rings. The first-order valence-electron chi connectivity index (χ1n) is 5.74. The summed E-state index contributed by atoms with van der Waals surface area (Å²) in [6.45, 7) is 7.46. The number of anilines is 1. The van der Waals surface area contributed by atoms with E-state index in [0.717, 1.165) is 18.8 Å².